The molecule has 0 aromatic rings. The molecule has 2 rings (SSSR count). The Labute approximate surface area is 214 Å². The van der Waals surface area contributed by atoms with Crippen LogP contribution >= 0.6 is 0 Å². The fourth-order valence-corrected chi connectivity index (χ4v) is 6.69. The molecule has 198 valence electrons. The van der Waals surface area contributed by atoms with Crippen LogP contribution in [0.4, 0.5) is 0 Å². The van der Waals surface area contributed by atoms with Crippen LogP contribution in [0.2, 0.25) is 0 Å². The van der Waals surface area contributed by atoms with Crippen LogP contribution in [0, 0.1) is 41.4 Å². The fraction of sp³-hybridized carbons (Fsp3) is 0.879. The van der Waals surface area contributed by atoms with Crippen molar-refractivity contribution >= 4 is 0 Å². The Morgan fingerprint density at radius 2 is 1.50 bits per heavy atom. The summed E-state index contributed by atoms with van der Waals surface area (Å²) in [5, 5.41) is 0. The highest BCUT2D eigenvalue weighted by Gasteiger charge is 2.29. The second-order valence-electron chi connectivity index (χ2n) is 12.3. The molecule has 0 fully saturated rings. The summed E-state index contributed by atoms with van der Waals surface area (Å²) in [4.78, 5) is 0. The summed E-state index contributed by atoms with van der Waals surface area (Å²) in [6.45, 7) is 14.3. The van der Waals surface area contributed by atoms with Gasteiger partial charge in [0, 0.05) is 7.11 Å². The SMILES string of the molecule is CCCC(CCC(C)C(C)CCC(C)OC)CC1=CC(C2C=CC(CC)CC2)CCC1CCC. The Bertz CT molecular complexity index is 589. The van der Waals surface area contributed by atoms with E-state index in [0.717, 1.165) is 41.4 Å². The van der Waals surface area contributed by atoms with Crippen molar-refractivity contribution in [3.8, 4) is 0 Å². The first-order chi connectivity index (χ1) is 16.4. The van der Waals surface area contributed by atoms with E-state index in [-0.39, 0.29) is 0 Å². The van der Waals surface area contributed by atoms with E-state index >= 15 is 0 Å². The van der Waals surface area contributed by atoms with Gasteiger partial charge in [-0.25, -0.2) is 0 Å². The number of rotatable bonds is 16. The van der Waals surface area contributed by atoms with Gasteiger partial charge in [0.1, 0.15) is 0 Å². The van der Waals surface area contributed by atoms with Crippen LogP contribution in [-0.4, -0.2) is 13.2 Å². The van der Waals surface area contributed by atoms with E-state index < -0.39 is 0 Å². The van der Waals surface area contributed by atoms with Gasteiger partial charge in [0.25, 0.3) is 0 Å². The highest BCUT2D eigenvalue weighted by molar-refractivity contribution is 5.16. The zero-order valence-corrected chi connectivity index (χ0v) is 24.2. The lowest BCUT2D eigenvalue weighted by Crippen LogP contribution is -2.23. The molecule has 0 aromatic carbocycles. The maximum atomic E-state index is 5.48. The van der Waals surface area contributed by atoms with Crippen LogP contribution < -0.4 is 0 Å². The van der Waals surface area contributed by atoms with Gasteiger partial charge < -0.3 is 4.74 Å². The molecule has 34 heavy (non-hydrogen) atoms. The third-order valence-corrected chi connectivity index (χ3v) is 9.67. The molecule has 0 amide bonds. The summed E-state index contributed by atoms with van der Waals surface area (Å²) in [6, 6.07) is 0. The van der Waals surface area contributed by atoms with E-state index in [1.807, 2.05) is 12.7 Å². The van der Waals surface area contributed by atoms with Crippen molar-refractivity contribution < 1.29 is 4.74 Å². The minimum atomic E-state index is 0.399. The van der Waals surface area contributed by atoms with Gasteiger partial charge in [0.15, 0.2) is 0 Å². The van der Waals surface area contributed by atoms with E-state index in [1.54, 1.807) is 0 Å². The predicted octanol–water partition coefficient (Wildman–Crippen LogP) is 10.4. The van der Waals surface area contributed by atoms with Gasteiger partial charge in [0.05, 0.1) is 6.10 Å². The molecule has 0 spiro atoms. The molecule has 8 unspecified atom stereocenters. The Morgan fingerprint density at radius 3 is 2.09 bits per heavy atom. The summed E-state index contributed by atoms with van der Waals surface area (Å²) in [5.41, 5.74) is 1.86. The molecule has 1 heteroatoms. The first kappa shape index (κ1) is 29.7. The second kappa shape index (κ2) is 16.2. The molecule has 0 aliphatic heterocycles. The lowest BCUT2D eigenvalue weighted by molar-refractivity contribution is 0.101. The van der Waals surface area contributed by atoms with Crippen molar-refractivity contribution in [1.29, 1.82) is 0 Å². The van der Waals surface area contributed by atoms with Gasteiger partial charge in [-0.3, -0.25) is 0 Å². The summed E-state index contributed by atoms with van der Waals surface area (Å²) in [6.07, 6.45) is 27.5. The monoisotopic (exact) mass is 472 g/mol. The summed E-state index contributed by atoms with van der Waals surface area (Å²) >= 11 is 0. The van der Waals surface area contributed by atoms with E-state index in [4.69, 9.17) is 4.74 Å². The standard InChI is InChI=1S/C33H60O/c1-8-11-29(16-14-26(5)25(4)13-15-27(6)34-7)23-33-24-32(22-21-30(33)12-9-2)31-19-17-28(10-3)18-20-31/h17,19,24-32H,8-16,18,20-23H2,1-7H3. The zero-order valence-electron chi connectivity index (χ0n) is 24.2. The Morgan fingerprint density at radius 1 is 0.794 bits per heavy atom. The molecule has 1 nitrogen and oxygen atoms in total. The van der Waals surface area contributed by atoms with Crippen LogP contribution in [0.25, 0.3) is 0 Å². The van der Waals surface area contributed by atoms with Crippen molar-refractivity contribution in [2.45, 2.75) is 138 Å². The van der Waals surface area contributed by atoms with Gasteiger partial charge in [0.2, 0.25) is 0 Å². The highest BCUT2D eigenvalue weighted by atomic mass is 16.5. The first-order valence-electron chi connectivity index (χ1n) is 15.3. The highest BCUT2D eigenvalue weighted by Crippen LogP contribution is 2.42. The van der Waals surface area contributed by atoms with E-state index in [1.165, 1.54) is 89.9 Å². The van der Waals surface area contributed by atoms with E-state index in [2.05, 4.69) is 59.8 Å². The largest absolute Gasteiger partial charge is 0.382 e. The third-order valence-electron chi connectivity index (χ3n) is 9.67. The van der Waals surface area contributed by atoms with Crippen LogP contribution in [0.1, 0.15) is 131 Å². The van der Waals surface area contributed by atoms with Crippen molar-refractivity contribution in [3.63, 3.8) is 0 Å². The third kappa shape index (κ3) is 9.83. The quantitative estimate of drug-likeness (QED) is 0.203. The Hall–Kier alpha value is -0.560. The molecule has 2 aliphatic carbocycles. The zero-order chi connectivity index (χ0) is 24.9. The molecule has 0 aromatic heterocycles. The van der Waals surface area contributed by atoms with Crippen LogP contribution in [0.5, 0.6) is 0 Å². The molecule has 8 atom stereocenters. The van der Waals surface area contributed by atoms with E-state index in [0.29, 0.717) is 6.10 Å². The summed E-state index contributed by atoms with van der Waals surface area (Å²) in [7, 11) is 1.84. The maximum absolute atomic E-state index is 5.48. The molecule has 0 N–H and O–H groups in total. The summed E-state index contributed by atoms with van der Waals surface area (Å²) < 4.78 is 5.48. The molecule has 0 radical (unpaired) electrons. The number of hydrogen-bond acceptors (Lipinski definition) is 1. The van der Waals surface area contributed by atoms with Crippen LogP contribution in [-0.2, 0) is 4.74 Å². The normalized spacial score (nSPS) is 28.9. The van der Waals surface area contributed by atoms with Gasteiger partial charge >= 0.3 is 0 Å². The van der Waals surface area contributed by atoms with Crippen molar-refractivity contribution in [3.05, 3.63) is 23.8 Å². The minimum absolute atomic E-state index is 0.399. The van der Waals surface area contributed by atoms with Crippen molar-refractivity contribution in [2.75, 3.05) is 7.11 Å². The Balaban J connectivity index is 1.99. The average molecular weight is 473 g/mol. The van der Waals surface area contributed by atoms with Crippen LogP contribution in [0.3, 0.4) is 0 Å². The summed E-state index contributed by atoms with van der Waals surface area (Å²) in [5.74, 6) is 5.82. The van der Waals surface area contributed by atoms with Crippen molar-refractivity contribution in [2.24, 2.45) is 41.4 Å². The smallest absolute Gasteiger partial charge is 0.0543 e. The topological polar surface area (TPSA) is 9.23 Å². The lowest BCUT2D eigenvalue weighted by atomic mass is 9.70. The number of hydrogen-bond donors (Lipinski definition) is 0. The van der Waals surface area contributed by atoms with Gasteiger partial charge in [-0.05, 0) is 113 Å². The maximum Gasteiger partial charge on any atom is 0.0543 e. The number of methoxy groups -OCH3 is 1. The first-order valence-corrected chi connectivity index (χ1v) is 15.3. The van der Waals surface area contributed by atoms with Gasteiger partial charge in [-0.2, -0.15) is 0 Å². The Kier molecular flexibility index (Phi) is 14.2. The fourth-order valence-electron chi connectivity index (χ4n) is 6.69. The van der Waals surface area contributed by atoms with E-state index in [9.17, 15) is 0 Å². The molecular formula is C33H60O. The molecule has 2 aliphatic rings. The number of ether oxygens (including phenoxy) is 1. The minimum Gasteiger partial charge on any atom is -0.382 e. The molecule has 0 bridgehead atoms. The van der Waals surface area contributed by atoms with Gasteiger partial charge in [-0.15, -0.1) is 0 Å². The molecular weight excluding hydrogens is 412 g/mol. The second-order valence-corrected chi connectivity index (χ2v) is 12.3. The molecule has 0 heterocycles. The van der Waals surface area contributed by atoms with Crippen molar-refractivity contribution in [1.82, 2.24) is 0 Å². The number of allylic oxidation sites excluding steroid dienone is 4. The van der Waals surface area contributed by atoms with Crippen LogP contribution in [0.15, 0.2) is 23.8 Å². The molecule has 0 saturated carbocycles. The lowest BCUT2D eigenvalue weighted by Gasteiger charge is -2.35. The predicted molar refractivity (Wildman–Crippen MR) is 151 cm³/mol. The van der Waals surface area contributed by atoms with Gasteiger partial charge in [-0.1, -0.05) is 84.1 Å². The molecule has 0 saturated heterocycles. The average Bonchev–Trinajstić information content (AvgIpc) is 2.86.